The average molecular weight is 511 g/mol. The monoisotopic (exact) mass is 510 g/mol. The van der Waals surface area contributed by atoms with E-state index in [4.69, 9.17) is 0 Å². The number of anilines is 1. The fourth-order valence-electron chi connectivity index (χ4n) is 4.91. The normalized spacial score (nSPS) is 24.6. The van der Waals surface area contributed by atoms with Crippen LogP contribution in [-0.2, 0) is 12.5 Å². The number of hydrogen-bond acceptors (Lipinski definition) is 4. The topological polar surface area (TPSA) is 59.8 Å². The van der Waals surface area contributed by atoms with Crippen LogP contribution >= 0.6 is 15.9 Å². The number of rotatable bonds is 5. The van der Waals surface area contributed by atoms with Crippen LogP contribution in [0.4, 0.5) is 23.4 Å². The molecule has 5 nitrogen and oxygen atoms in total. The molecule has 1 unspecified atom stereocenters. The van der Waals surface area contributed by atoms with Crippen LogP contribution in [-0.4, -0.2) is 20.2 Å². The highest BCUT2D eigenvalue weighted by Crippen LogP contribution is 2.59. The van der Waals surface area contributed by atoms with Crippen molar-refractivity contribution in [2.45, 2.75) is 50.4 Å². The zero-order valence-corrected chi connectivity index (χ0v) is 18.6. The molecule has 0 radical (unpaired) electrons. The van der Waals surface area contributed by atoms with Crippen LogP contribution in [0.3, 0.4) is 0 Å². The Kier molecular flexibility index (Phi) is 4.85. The second kappa shape index (κ2) is 7.26. The molecule has 1 N–H and O–H groups in total. The first kappa shape index (κ1) is 21.4. The predicted molar refractivity (Wildman–Crippen MR) is 115 cm³/mol. The smallest absolute Gasteiger partial charge is 0.273 e. The predicted octanol–water partition coefficient (Wildman–Crippen LogP) is 5.48. The SMILES string of the molecule is CC(F)(F)c1cccc(CNc2ncnc3c(Br)c(=O)n(C4CC5(F)CC4C5)cc23)c1F. The lowest BCUT2D eigenvalue weighted by Gasteiger charge is -2.30. The number of pyridine rings is 1. The summed E-state index contributed by atoms with van der Waals surface area (Å²) in [6.45, 7) is 0.546. The maximum atomic E-state index is 14.6. The quantitative estimate of drug-likeness (QED) is 0.461. The van der Waals surface area contributed by atoms with Gasteiger partial charge in [-0.1, -0.05) is 18.2 Å². The first-order valence-corrected chi connectivity index (χ1v) is 11.0. The fourth-order valence-corrected chi connectivity index (χ4v) is 5.43. The molecule has 6 rings (SSSR count). The second-order valence-corrected chi connectivity index (χ2v) is 9.54. The molecular formula is C22H19BrF4N4O. The van der Waals surface area contributed by atoms with Crippen molar-refractivity contribution in [1.29, 1.82) is 0 Å². The van der Waals surface area contributed by atoms with E-state index in [1.165, 1.54) is 23.0 Å². The third-order valence-corrected chi connectivity index (χ3v) is 7.23. The van der Waals surface area contributed by atoms with Gasteiger partial charge < -0.3 is 9.88 Å². The van der Waals surface area contributed by atoms with E-state index in [0.29, 0.717) is 36.5 Å². The Hall–Kier alpha value is -2.49. The Morgan fingerprint density at radius 1 is 1.28 bits per heavy atom. The molecule has 0 spiro atoms. The molecule has 0 saturated heterocycles. The van der Waals surface area contributed by atoms with Crippen molar-refractivity contribution in [1.82, 2.24) is 14.5 Å². The van der Waals surface area contributed by atoms with Crippen LogP contribution in [0.5, 0.6) is 0 Å². The molecule has 0 aliphatic heterocycles. The summed E-state index contributed by atoms with van der Waals surface area (Å²) < 4.78 is 58.1. The summed E-state index contributed by atoms with van der Waals surface area (Å²) in [4.78, 5) is 21.3. The van der Waals surface area contributed by atoms with Gasteiger partial charge in [-0.25, -0.2) is 27.5 Å². The Balaban J connectivity index is 1.51. The lowest BCUT2D eigenvalue weighted by molar-refractivity contribution is 0.0136. The highest BCUT2D eigenvalue weighted by molar-refractivity contribution is 9.10. The Morgan fingerprint density at radius 2 is 2.03 bits per heavy atom. The molecule has 2 bridgehead atoms. The van der Waals surface area contributed by atoms with E-state index in [1.807, 2.05) is 0 Å². The Morgan fingerprint density at radius 3 is 2.69 bits per heavy atom. The molecule has 1 atom stereocenters. The minimum Gasteiger partial charge on any atom is -0.365 e. The molecule has 2 aromatic heterocycles. The van der Waals surface area contributed by atoms with Gasteiger partial charge in [0.05, 0.1) is 16.5 Å². The lowest BCUT2D eigenvalue weighted by atomic mass is 9.81. The van der Waals surface area contributed by atoms with Crippen molar-refractivity contribution in [3.05, 3.63) is 62.5 Å². The van der Waals surface area contributed by atoms with E-state index >= 15 is 0 Å². The van der Waals surface area contributed by atoms with Gasteiger partial charge >= 0.3 is 0 Å². The molecular weight excluding hydrogens is 492 g/mol. The highest BCUT2D eigenvalue weighted by Gasteiger charge is 2.57. The van der Waals surface area contributed by atoms with Crippen LogP contribution in [0.25, 0.3) is 10.9 Å². The number of nitrogens with zero attached hydrogens (tertiary/aromatic N) is 3. The summed E-state index contributed by atoms with van der Waals surface area (Å²) in [5.41, 5.74) is -1.76. The van der Waals surface area contributed by atoms with Crippen LogP contribution in [0.15, 0.2) is 40.0 Å². The Labute approximate surface area is 189 Å². The van der Waals surface area contributed by atoms with Gasteiger partial charge in [-0.3, -0.25) is 4.79 Å². The largest absolute Gasteiger partial charge is 0.365 e. The third kappa shape index (κ3) is 3.39. The first-order valence-electron chi connectivity index (χ1n) is 10.2. The lowest BCUT2D eigenvalue weighted by Crippen LogP contribution is -2.31. The maximum absolute atomic E-state index is 14.6. The molecule has 10 heteroatoms. The van der Waals surface area contributed by atoms with Gasteiger partial charge in [-0.2, -0.15) is 0 Å². The van der Waals surface area contributed by atoms with Gasteiger partial charge in [0.25, 0.3) is 11.5 Å². The van der Waals surface area contributed by atoms with Gasteiger partial charge in [0.15, 0.2) is 0 Å². The van der Waals surface area contributed by atoms with Gasteiger partial charge in [0.1, 0.15) is 28.1 Å². The molecule has 0 amide bonds. The number of hydrogen-bond donors (Lipinski definition) is 1. The van der Waals surface area contributed by atoms with Crippen molar-refractivity contribution < 1.29 is 17.6 Å². The molecule has 3 aliphatic carbocycles. The van der Waals surface area contributed by atoms with Crippen LogP contribution in [0.2, 0.25) is 0 Å². The van der Waals surface area contributed by atoms with Crippen LogP contribution in [0.1, 0.15) is 43.4 Å². The van der Waals surface area contributed by atoms with Crippen molar-refractivity contribution >= 4 is 32.7 Å². The second-order valence-electron chi connectivity index (χ2n) is 8.75. The number of nitrogens with one attached hydrogen (secondary N) is 1. The number of aromatic nitrogens is 3. The van der Waals surface area contributed by atoms with E-state index < -0.39 is 23.0 Å². The van der Waals surface area contributed by atoms with Gasteiger partial charge in [-0.15, -0.1) is 0 Å². The highest BCUT2D eigenvalue weighted by atomic mass is 79.9. The standard InChI is InChI=1S/C22H19BrF4N4O/c1-21(25,26)14-4-2-3-11(17(14)24)8-28-19-13-9-31(15-7-22(27)5-12(15)6-22)20(32)16(23)18(13)29-10-30-19/h2-4,9-10,12,15H,5-8H2,1H3,(H,28,29,30). The Bertz CT molecular complexity index is 1280. The zero-order valence-electron chi connectivity index (χ0n) is 17.0. The van der Waals surface area contributed by atoms with Crippen LogP contribution in [0, 0.1) is 11.7 Å². The van der Waals surface area contributed by atoms with Crippen molar-refractivity contribution in [3.8, 4) is 0 Å². The van der Waals surface area contributed by atoms with E-state index in [1.54, 1.807) is 6.20 Å². The van der Waals surface area contributed by atoms with E-state index in [0.717, 1.165) is 6.07 Å². The number of alkyl halides is 3. The van der Waals surface area contributed by atoms with E-state index in [-0.39, 0.29) is 40.5 Å². The number of halogens is 5. The maximum Gasteiger partial charge on any atom is 0.273 e. The van der Waals surface area contributed by atoms with Gasteiger partial charge in [0, 0.05) is 37.7 Å². The molecule has 3 fully saturated rings. The van der Waals surface area contributed by atoms with Crippen LogP contribution < -0.4 is 10.9 Å². The van der Waals surface area contributed by atoms with Crippen molar-refractivity contribution in [3.63, 3.8) is 0 Å². The summed E-state index contributed by atoms with van der Waals surface area (Å²) in [7, 11) is 0. The minimum absolute atomic E-state index is 0.0548. The summed E-state index contributed by atoms with van der Waals surface area (Å²) in [6.07, 6.45) is 4.05. The minimum atomic E-state index is -3.31. The molecule has 3 aliphatic rings. The molecule has 2 heterocycles. The average Bonchev–Trinajstić information content (AvgIpc) is 3.22. The number of benzene rings is 1. The van der Waals surface area contributed by atoms with Gasteiger partial charge in [-0.05, 0) is 34.7 Å². The summed E-state index contributed by atoms with van der Waals surface area (Å²) in [5.74, 6) is -3.87. The summed E-state index contributed by atoms with van der Waals surface area (Å²) >= 11 is 3.31. The molecule has 168 valence electrons. The third-order valence-electron chi connectivity index (χ3n) is 6.51. The fraction of sp³-hybridized carbons (Fsp3) is 0.409. The van der Waals surface area contributed by atoms with E-state index in [9.17, 15) is 22.4 Å². The molecule has 3 saturated carbocycles. The van der Waals surface area contributed by atoms with E-state index in [2.05, 4.69) is 31.2 Å². The zero-order chi connectivity index (χ0) is 22.8. The van der Waals surface area contributed by atoms with Crippen molar-refractivity contribution in [2.75, 3.05) is 5.32 Å². The van der Waals surface area contributed by atoms with Gasteiger partial charge in [0.2, 0.25) is 0 Å². The molecule has 1 aromatic carbocycles. The van der Waals surface area contributed by atoms with Crippen molar-refractivity contribution in [2.24, 2.45) is 5.92 Å². The molecule has 3 aromatic rings. The summed E-state index contributed by atoms with van der Waals surface area (Å²) in [5, 5.41) is 3.46. The first-order chi connectivity index (χ1) is 15.1. The summed E-state index contributed by atoms with van der Waals surface area (Å²) in [6, 6.07) is 3.60. The molecule has 32 heavy (non-hydrogen) atoms. The number of fused-ring (bicyclic) bond motifs is 2.